The first-order valence-electron chi connectivity index (χ1n) is 6.65. The minimum absolute atomic E-state index is 0.212. The quantitative estimate of drug-likeness (QED) is 0.748. The number of hydrogen-bond acceptors (Lipinski definition) is 4. The van der Waals surface area contributed by atoms with Gasteiger partial charge in [0.25, 0.3) is 0 Å². The van der Waals surface area contributed by atoms with Gasteiger partial charge >= 0.3 is 5.97 Å². The van der Waals surface area contributed by atoms with Gasteiger partial charge in [-0.2, -0.15) is 0 Å². The minimum atomic E-state index is -0.332. The molecule has 4 heteroatoms. The van der Waals surface area contributed by atoms with E-state index in [1.54, 1.807) is 18.3 Å². The van der Waals surface area contributed by atoms with Crippen molar-refractivity contribution >= 4 is 17.3 Å². The standard InChI is InChI=1S/C16H18O3S/c1-3-15(17)18-12(2)16(14-10-7-11-20-14)19-13-8-5-4-6-9-13/h4-12,16H,3H2,1-2H3. The summed E-state index contributed by atoms with van der Waals surface area (Å²) in [6, 6.07) is 13.5. The Kier molecular flexibility index (Phi) is 5.18. The number of benzene rings is 1. The Bertz CT molecular complexity index is 522. The van der Waals surface area contributed by atoms with Crippen LogP contribution in [0.3, 0.4) is 0 Å². The third-order valence-corrected chi connectivity index (χ3v) is 3.80. The highest BCUT2D eigenvalue weighted by Gasteiger charge is 2.25. The Morgan fingerprint density at radius 3 is 2.55 bits per heavy atom. The van der Waals surface area contributed by atoms with Crippen molar-refractivity contribution in [3.05, 3.63) is 52.7 Å². The topological polar surface area (TPSA) is 35.5 Å². The van der Waals surface area contributed by atoms with Gasteiger partial charge in [0.15, 0.2) is 6.10 Å². The lowest BCUT2D eigenvalue weighted by Gasteiger charge is -2.24. The number of thiophene rings is 1. The van der Waals surface area contributed by atoms with Crippen LogP contribution in [-0.2, 0) is 9.53 Å². The Morgan fingerprint density at radius 2 is 1.95 bits per heavy atom. The van der Waals surface area contributed by atoms with Gasteiger partial charge in [-0.25, -0.2) is 0 Å². The van der Waals surface area contributed by atoms with Crippen LogP contribution in [0.2, 0.25) is 0 Å². The number of para-hydroxylation sites is 1. The molecule has 2 unspecified atom stereocenters. The summed E-state index contributed by atoms with van der Waals surface area (Å²) < 4.78 is 11.4. The molecule has 2 aromatic rings. The third kappa shape index (κ3) is 3.84. The normalized spacial score (nSPS) is 13.5. The van der Waals surface area contributed by atoms with Crippen LogP contribution in [0.25, 0.3) is 0 Å². The van der Waals surface area contributed by atoms with Crippen LogP contribution in [0.15, 0.2) is 47.8 Å². The SMILES string of the molecule is CCC(=O)OC(C)C(Oc1ccccc1)c1cccs1. The molecule has 0 N–H and O–H groups in total. The first-order valence-corrected chi connectivity index (χ1v) is 7.53. The summed E-state index contributed by atoms with van der Waals surface area (Å²) in [7, 11) is 0. The summed E-state index contributed by atoms with van der Waals surface area (Å²) >= 11 is 1.60. The molecule has 0 aliphatic heterocycles. The van der Waals surface area contributed by atoms with E-state index in [0.29, 0.717) is 6.42 Å². The number of ether oxygens (including phenoxy) is 2. The van der Waals surface area contributed by atoms with E-state index in [1.807, 2.05) is 54.8 Å². The predicted molar refractivity (Wildman–Crippen MR) is 80.0 cm³/mol. The molecule has 0 saturated heterocycles. The Labute approximate surface area is 123 Å². The molecule has 106 valence electrons. The van der Waals surface area contributed by atoms with Crippen molar-refractivity contribution in [2.75, 3.05) is 0 Å². The van der Waals surface area contributed by atoms with E-state index >= 15 is 0 Å². The van der Waals surface area contributed by atoms with E-state index in [-0.39, 0.29) is 18.2 Å². The van der Waals surface area contributed by atoms with Crippen molar-refractivity contribution in [3.63, 3.8) is 0 Å². The fourth-order valence-electron chi connectivity index (χ4n) is 1.84. The molecule has 0 bridgehead atoms. The maximum Gasteiger partial charge on any atom is 0.305 e. The summed E-state index contributed by atoms with van der Waals surface area (Å²) in [4.78, 5) is 12.5. The molecule has 0 amide bonds. The van der Waals surface area contributed by atoms with Crippen molar-refractivity contribution < 1.29 is 14.3 Å². The smallest absolute Gasteiger partial charge is 0.305 e. The van der Waals surface area contributed by atoms with E-state index in [9.17, 15) is 4.79 Å². The minimum Gasteiger partial charge on any atom is -0.481 e. The lowest BCUT2D eigenvalue weighted by atomic mass is 10.2. The lowest BCUT2D eigenvalue weighted by Crippen LogP contribution is -2.25. The molecule has 0 aliphatic rings. The monoisotopic (exact) mass is 290 g/mol. The molecule has 0 aliphatic carbocycles. The van der Waals surface area contributed by atoms with E-state index < -0.39 is 0 Å². The van der Waals surface area contributed by atoms with E-state index in [1.165, 1.54) is 0 Å². The molecule has 0 radical (unpaired) electrons. The van der Waals surface area contributed by atoms with Gasteiger partial charge in [0.1, 0.15) is 11.9 Å². The summed E-state index contributed by atoms with van der Waals surface area (Å²) in [6.45, 7) is 3.65. The zero-order chi connectivity index (χ0) is 14.4. The van der Waals surface area contributed by atoms with Crippen LogP contribution in [0.5, 0.6) is 5.75 Å². The van der Waals surface area contributed by atoms with Crippen molar-refractivity contribution in [1.82, 2.24) is 0 Å². The van der Waals surface area contributed by atoms with Gasteiger partial charge in [-0.1, -0.05) is 31.2 Å². The average molecular weight is 290 g/mol. The molecule has 1 aromatic carbocycles. The van der Waals surface area contributed by atoms with E-state index in [2.05, 4.69) is 0 Å². The Balaban J connectivity index is 2.15. The van der Waals surface area contributed by atoms with Crippen LogP contribution in [0, 0.1) is 0 Å². The van der Waals surface area contributed by atoms with Gasteiger partial charge in [-0.3, -0.25) is 4.79 Å². The van der Waals surface area contributed by atoms with Gasteiger partial charge in [-0.05, 0) is 30.5 Å². The van der Waals surface area contributed by atoms with Gasteiger partial charge in [0.2, 0.25) is 0 Å². The van der Waals surface area contributed by atoms with Gasteiger partial charge in [0.05, 0.1) is 0 Å². The van der Waals surface area contributed by atoms with Gasteiger partial charge in [0, 0.05) is 11.3 Å². The largest absolute Gasteiger partial charge is 0.481 e. The van der Waals surface area contributed by atoms with Crippen molar-refractivity contribution in [2.45, 2.75) is 32.5 Å². The maximum absolute atomic E-state index is 11.5. The molecule has 0 fully saturated rings. The molecule has 1 heterocycles. The molecule has 0 spiro atoms. The van der Waals surface area contributed by atoms with Gasteiger partial charge in [-0.15, -0.1) is 11.3 Å². The molecule has 20 heavy (non-hydrogen) atoms. The first-order chi connectivity index (χ1) is 9.70. The number of esters is 1. The number of rotatable bonds is 6. The van der Waals surface area contributed by atoms with Crippen LogP contribution < -0.4 is 4.74 Å². The highest BCUT2D eigenvalue weighted by molar-refractivity contribution is 7.10. The van der Waals surface area contributed by atoms with Crippen molar-refractivity contribution in [3.8, 4) is 5.75 Å². The summed E-state index contributed by atoms with van der Waals surface area (Å²) in [6.07, 6.45) is -0.249. The van der Waals surface area contributed by atoms with Crippen LogP contribution >= 0.6 is 11.3 Å². The fourth-order valence-corrected chi connectivity index (χ4v) is 2.68. The van der Waals surface area contributed by atoms with Crippen molar-refractivity contribution in [1.29, 1.82) is 0 Å². The molecule has 1 aromatic heterocycles. The second-order valence-electron chi connectivity index (χ2n) is 4.42. The second kappa shape index (κ2) is 7.10. The van der Waals surface area contributed by atoms with Crippen LogP contribution in [0.1, 0.15) is 31.2 Å². The van der Waals surface area contributed by atoms with Crippen molar-refractivity contribution in [2.24, 2.45) is 0 Å². The summed E-state index contributed by atoms with van der Waals surface area (Å²) in [5.74, 6) is 0.556. The number of hydrogen-bond donors (Lipinski definition) is 0. The Hall–Kier alpha value is -1.81. The summed E-state index contributed by atoms with van der Waals surface area (Å²) in [5, 5.41) is 1.99. The lowest BCUT2D eigenvalue weighted by molar-refractivity contribution is -0.152. The maximum atomic E-state index is 11.5. The molecule has 3 nitrogen and oxygen atoms in total. The molecular weight excluding hydrogens is 272 g/mol. The third-order valence-electron chi connectivity index (χ3n) is 2.86. The zero-order valence-electron chi connectivity index (χ0n) is 11.6. The number of carbonyl (C=O) groups excluding carboxylic acids is 1. The highest BCUT2D eigenvalue weighted by atomic mass is 32.1. The Morgan fingerprint density at radius 1 is 1.20 bits per heavy atom. The first kappa shape index (κ1) is 14.6. The van der Waals surface area contributed by atoms with E-state index in [0.717, 1.165) is 10.6 Å². The van der Waals surface area contributed by atoms with Crippen LogP contribution in [0.4, 0.5) is 0 Å². The fraction of sp³-hybridized carbons (Fsp3) is 0.312. The van der Waals surface area contributed by atoms with E-state index in [4.69, 9.17) is 9.47 Å². The molecule has 2 rings (SSSR count). The zero-order valence-corrected chi connectivity index (χ0v) is 12.4. The molecule has 0 saturated carbocycles. The molecular formula is C16H18O3S. The second-order valence-corrected chi connectivity index (χ2v) is 5.39. The highest BCUT2D eigenvalue weighted by Crippen LogP contribution is 2.29. The number of carbonyl (C=O) groups is 1. The van der Waals surface area contributed by atoms with Crippen LogP contribution in [-0.4, -0.2) is 12.1 Å². The summed E-state index contributed by atoms with van der Waals surface area (Å²) in [5.41, 5.74) is 0. The van der Waals surface area contributed by atoms with Gasteiger partial charge < -0.3 is 9.47 Å². The predicted octanol–water partition coefficient (Wildman–Crippen LogP) is 4.21. The average Bonchev–Trinajstić information content (AvgIpc) is 2.99. The molecule has 2 atom stereocenters.